The molecule has 0 atom stereocenters. The fraction of sp³-hybridized carbons (Fsp3) is 0.417. The number of methoxy groups -OCH3 is 1. The number of hydrogen-bond acceptors (Lipinski definition) is 4. The Bertz CT molecular complexity index is 456. The lowest BCUT2D eigenvalue weighted by atomic mass is 10.2. The Kier molecular flexibility index (Phi) is 4.47. The van der Waals surface area contributed by atoms with E-state index < -0.39 is 17.7 Å². The number of carbonyl (C=O) groups is 1. The minimum atomic E-state index is -0.763. The molecule has 7 heteroatoms. The van der Waals surface area contributed by atoms with E-state index in [2.05, 4.69) is 10.1 Å². The van der Waals surface area contributed by atoms with E-state index in [9.17, 15) is 13.6 Å². The van der Waals surface area contributed by atoms with Crippen LogP contribution in [0.2, 0.25) is 0 Å². The third-order valence-electron chi connectivity index (χ3n) is 2.78. The zero-order valence-corrected chi connectivity index (χ0v) is 11.2. The molecule has 0 radical (unpaired) electrons. The Labute approximate surface area is 114 Å². The van der Waals surface area contributed by atoms with Gasteiger partial charge in [0.05, 0.1) is 7.11 Å². The number of halogens is 2. The molecule has 1 amide bonds. The molecule has 1 aliphatic rings. The highest BCUT2D eigenvalue weighted by Gasteiger charge is 2.20. The van der Waals surface area contributed by atoms with Gasteiger partial charge >= 0.3 is 6.09 Å². The van der Waals surface area contributed by atoms with Gasteiger partial charge in [-0.05, 0) is 12.1 Å². The standard InChI is InChI=1S/C12H14F2N2O2S/c1-18-12(17)15-8-6-9(13)11(10(14)7-8)16-2-4-19-5-3-16/h6-7H,2-5H2,1H3,(H,15,17). The van der Waals surface area contributed by atoms with E-state index in [0.29, 0.717) is 13.1 Å². The Hall–Kier alpha value is -1.50. The number of benzene rings is 1. The third-order valence-corrected chi connectivity index (χ3v) is 3.72. The van der Waals surface area contributed by atoms with Crippen molar-refractivity contribution >= 4 is 29.2 Å². The first kappa shape index (κ1) is 13.9. The summed E-state index contributed by atoms with van der Waals surface area (Å²) in [7, 11) is 1.18. The molecule has 1 saturated heterocycles. The molecular formula is C12H14F2N2O2S. The number of anilines is 2. The zero-order valence-electron chi connectivity index (χ0n) is 10.4. The van der Waals surface area contributed by atoms with Gasteiger partial charge in [-0.3, -0.25) is 5.32 Å². The molecule has 1 aromatic carbocycles. The van der Waals surface area contributed by atoms with Crippen molar-refractivity contribution in [3.63, 3.8) is 0 Å². The van der Waals surface area contributed by atoms with Crippen LogP contribution in [0.3, 0.4) is 0 Å². The maximum Gasteiger partial charge on any atom is 0.411 e. The van der Waals surface area contributed by atoms with E-state index in [1.165, 1.54) is 7.11 Å². The molecule has 1 heterocycles. The first-order valence-corrected chi connectivity index (χ1v) is 6.94. The second-order valence-corrected chi connectivity index (χ2v) is 5.23. The lowest BCUT2D eigenvalue weighted by molar-refractivity contribution is 0.187. The van der Waals surface area contributed by atoms with Crippen molar-refractivity contribution in [2.45, 2.75) is 0 Å². The average molecular weight is 288 g/mol. The summed E-state index contributed by atoms with van der Waals surface area (Å²) in [6.07, 6.45) is -0.763. The minimum Gasteiger partial charge on any atom is -0.453 e. The van der Waals surface area contributed by atoms with Gasteiger partial charge in [0.25, 0.3) is 0 Å². The molecule has 0 saturated carbocycles. The Morgan fingerprint density at radius 2 is 1.89 bits per heavy atom. The molecule has 2 rings (SSSR count). The summed E-state index contributed by atoms with van der Waals surface area (Å²) >= 11 is 1.76. The molecular weight excluding hydrogens is 274 g/mol. The maximum absolute atomic E-state index is 14.0. The van der Waals surface area contributed by atoms with Crippen molar-refractivity contribution in [3.8, 4) is 0 Å². The van der Waals surface area contributed by atoms with Gasteiger partial charge in [-0.25, -0.2) is 13.6 Å². The largest absolute Gasteiger partial charge is 0.453 e. The molecule has 19 heavy (non-hydrogen) atoms. The predicted molar refractivity (Wildman–Crippen MR) is 71.9 cm³/mol. The van der Waals surface area contributed by atoms with Gasteiger partial charge in [0.2, 0.25) is 0 Å². The van der Waals surface area contributed by atoms with Crippen molar-refractivity contribution in [1.82, 2.24) is 0 Å². The minimum absolute atomic E-state index is 0.0317. The van der Waals surface area contributed by atoms with Crippen molar-refractivity contribution in [1.29, 1.82) is 0 Å². The highest BCUT2D eigenvalue weighted by Crippen LogP contribution is 2.29. The van der Waals surface area contributed by atoms with Crippen LogP contribution >= 0.6 is 11.8 Å². The SMILES string of the molecule is COC(=O)Nc1cc(F)c(N2CCSCC2)c(F)c1. The molecule has 0 aromatic heterocycles. The van der Waals surface area contributed by atoms with Gasteiger partial charge in [0.1, 0.15) is 5.69 Å². The van der Waals surface area contributed by atoms with E-state index in [4.69, 9.17) is 0 Å². The smallest absolute Gasteiger partial charge is 0.411 e. The highest BCUT2D eigenvalue weighted by molar-refractivity contribution is 7.99. The van der Waals surface area contributed by atoms with Gasteiger partial charge in [-0.1, -0.05) is 0 Å². The molecule has 0 bridgehead atoms. The van der Waals surface area contributed by atoms with Crippen LogP contribution in [-0.4, -0.2) is 37.8 Å². The van der Waals surface area contributed by atoms with Gasteiger partial charge in [-0.2, -0.15) is 11.8 Å². The monoisotopic (exact) mass is 288 g/mol. The van der Waals surface area contributed by atoms with E-state index in [1.54, 1.807) is 16.7 Å². The summed E-state index contributed by atoms with van der Waals surface area (Å²) in [6, 6.07) is 2.19. The molecule has 1 N–H and O–H groups in total. The number of ether oxygens (including phenoxy) is 1. The normalized spacial score (nSPS) is 15.2. The van der Waals surface area contributed by atoms with Crippen molar-refractivity contribution in [2.24, 2.45) is 0 Å². The topological polar surface area (TPSA) is 41.6 Å². The summed E-state index contributed by atoms with van der Waals surface area (Å²) in [6.45, 7) is 1.23. The first-order chi connectivity index (χ1) is 9.11. The van der Waals surface area contributed by atoms with Crippen LogP contribution in [0.4, 0.5) is 25.0 Å². The molecule has 1 aliphatic heterocycles. The van der Waals surface area contributed by atoms with E-state index in [1.807, 2.05) is 0 Å². The van der Waals surface area contributed by atoms with Crippen LogP contribution in [0.25, 0.3) is 0 Å². The lowest BCUT2D eigenvalue weighted by Gasteiger charge is -2.29. The summed E-state index contributed by atoms with van der Waals surface area (Å²) < 4.78 is 32.3. The van der Waals surface area contributed by atoms with Crippen LogP contribution in [0.15, 0.2) is 12.1 Å². The first-order valence-electron chi connectivity index (χ1n) is 5.78. The third kappa shape index (κ3) is 3.28. The fourth-order valence-electron chi connectivity index (χ4n) is 1.90. The summed E-state index contributed by atoms with van der Waals surface area (Å²) in [5.41, 5.74) is 0.00713. The number of carbonyl (C=O) groups excluding carboxylic acids is 1. The molecule has 4 nitrogen and oxygen atoms in total. The highest BCUT2D eigenvalue weighted by atomic mass is 32.2. The van der Waals surface area contributed by atoms with E-state index >= 15 is 0 Å². The number of nitrogens with zero attached hydrogens (tertiary/aromatic N) is 1. The Morgan fingerprint density at radius 3 is 2.42 bits per heavy atom. The van der Waals surface area contributed by atoms with Crippen LogP contribution in [0, 0.1) is 11.6 Å². The summed E-state index contributed by atoms with van der Waals surface area (Å²) in [4.78, 5) is 12.7. The van der Waals surface area contributed by atoms with Crippen molar-refractivity contribution in [3.05, 3.63) is 23.8 Å². The molecule has 104 valence electrons. The quantitative estimate of drug-likeness (QED) is 0.908. The molecule has 0 spiro atoms. The Balaban J connectivity index is 2.23. The van der Waals surface area contributed by atoms with Gasteiger partial charge in [0.15, 0.2) is 11.6 Å². The van der Waals surface area contributed by atoms with Crippen LogP contribution in [0.1, 0.15) is 0 Å². The molecule has 0 unspecified atom stereocenters. The number of amides is 1. The number of rotatable bonds is 2. The number of hydrogen-bond donors (Lipinski definition) is 1. The second kappa shape index (κ2) is 6.10. The van der Waals surface area contributed by atoms with Crippen molar-refractivity contribution in [2.75, 3.05) is 41.9 Å². The van der Waals surface area contributed by atoms with Gasteiger partial charge < -0.3 is 9.64 Å². The molecule has 0 aliphatic carbocycles. The second-order valence-electron chi connectivity index (χ2n) is 4.00. The van der Waals surface area contributed by atoms with Crippen LogP contribution < -0.4 is 10.2 Å². The zero-order chi connectivity index (χ0) is 13.8. The van der Waals surface area contributed by atoms with Gasteiger partial charge in [0, 0.05) is 30.3 Å². The maximum atomic E-state index is 14.0. The Morgan fingerprint density at radius 1 is 1.32 bits per heavy atom. The summed E-state index contributed by atoms with van der Waals surface area (Å²) in [5.74, 6) is 0.332. The fourth-order valence-corrected chi connectivity index (χ4v) is 2.80. The number of thioether (sulfide) groups is 1. The van der Waals surface area contributed by atoms with Crippen molar-refractivity contribution < 1.29 is 18.3 Å². The predicted octanol–water partition coefficient (Wildman–Crippen LogP) is 2.70. The van der Waals surface area contributed by atoms with Crippen LogP contribution in [-0.2, 0) is 4.74 Å². The van der Waals surface area contributed by atoms with E-state index in [0.717, 1.165) is 23.6 Å². The number of nitrogens with one attached hydrogen (secondary N) is 1. The molecule has 1 aromatic rings. The average Bonchev–Trinajstić information content (AvgIpc) is 2.39. The lowest BCUT2D eigenvalue weighted by Crippen LogP contribution is -2.33. The van der Waals surface area contributed by atoms with E-state index in [-0.39, 0.29) is 11.4 Å². The van der Waals surface area contributed by atoms with Crippen LogP contribution in [0.5, 0.6) is 0 Å². The molecule has 1 fully saturated rings. The summed E-state index contributed by atoms with van der Waals surface area (Å²) in [5, 5.41) is 2.24. The van der Waals surface area contributed by atoms with Gasteiger partial charge in [-0.15, -0.1) is 0 Å².